The van der Waals surface area contributed by atoms with Crippen molar-refractivity contribution in [1.29, 1.82) is 0 Å². The van der Waals surface area contributed by atoms with E-state index in [1.54, 1.807) is 26.0 Å². The Morgan fingerprint density at radius 1 is 0.683 bits per heavy atom. The topological polar surface area (TPSA) is 107 Å². The number of rotatable bonds is 4. The minimum absolute atomic E-state index is 0. The van der Waals surface area contributed by atoms with Gasteiger partial charge < -0.3 is 19.4 Å². The SMILES string of the molecule is CCOC(=O)C1=C(C)c2cc3[n-]c(c4nc(cc5[n-]c(ccc1n2)c(C(=O)OCC)c5C)C(C)=C4C)c(C)c3C.[Cu+2]. The molecule has 2 aliphatic heterocycles. The molecule has 0 N–H and O–H groups in total. The van der Waals surface area contributed by atoms with Crippen molar-refractivity contribution < 1.29 is 36.1 Å². The van der Waals surface area contributed by atoms with Crippen LogP contribution in [0.15, 0.2) is 24.3 Å². The summed E-state index contributed by atoms with van der Waals surface area (Å²) < 4.78 is 10.7. The van der Waals surface area contributed by atoms with Gasteiger partial charge in [-0.2, -0.15) is 0 Å². The summed E-state index contributed by atoms with van der Waals surface area (Å²) in [6.45, 7) is 15.9. The third kappa shape index (κ3) is 5.04. The van der Waals surface area contributed by atoms with Crippen LogP contribution in [0.3, 0.4) is 0 Å². The molecular formula is C32H32CuN4O4. The fraction of sp³-hybridized carbons (Fsp3) is 0.312. The number of aromatic nitrogens is 4. The number of esters is 2. The zero-order valence-electron chi connectivity index (χ0n) is 24.4. The molecule has 0 saturated heterocycles. The molecule has 1 radical (unpaired) electrons. The summed E-state index contributed by atoms with van der Waals surface area (Å²) in [5, 5.41) is 0. The van der Waals surface area contributed by atoms with E-state index in [2.05, 4.69) is 0 Å². The molecule has 5 rings (SSSR count). The van der Waals surface area contributed by atoms with Gasteiger partial charge in [-0.3, -0.25) is 0 Å². The molecule has 0 aliphatic carbocycles. The van der Waals surface area contributed by atoms with E-state index in [1.807, 2.05) is 53.7 Å². The van der Waals surface area contributed by atoms with Gasteiger partial charge in [-0.1, -0.05) is 34.9 Å². The van der Waals surface area contributed by atoms with Gasteiger partial charge in [0.1, 0.15) is 0 Å². The number of carbonyl (C=O) groups excluding carboxylic acids is 2. The van der Waals surface area contributed by atoms with Crippen molar-refractivity contribution in [2.75, 3.05) is 13.2 Å². The maximum Gasteiger partial charge on any atom is 2.00 e. The number of fused-ring (bicyclic) bond motifs is 9. The number of ether oxygens (including phenoxy) is 2. The van der Waals surface area contributed by atoms with Gasteiger partial charge >= 0.3 is 29.0 Å². The molecule has 5 heterocycles. The van der Waals surface area contributed by atoms with E-state index < -0.39 is 11.9 Å². The molecule has 9 heteroatoms. The molecule has 0 saturated carbocycles. The molecule has 0 fully saturated rings. The van der Waals surface area contributed by atoms with Gasteiger partial charge in [-0.05, 0) is 78.2 Å². The third-order valence-corrected chi connectivity index (χ3v) is 7.71. The number of hydrogen-bond donors (Lipinski definition) is 0. The first-order chi connectivity index (χ1) is 19.1. The molecule has 0 unspecified atom stereocenters. The maximum atomic E-state index is 13.0. The molecule has 0 atom stereocenters. The van der Waals surface area contributed by atoms with E-state index in [0.717, 1.165) is 44.7 Å². The second kappa shape index (κ2) is 11.5. The normalized spacial score (nSPS) is 12.9. The Morgan fingerprint density at radius 2 is 1.29 bits per heavy atom. The van der Waals surface area contributed by atoms with Crippen LogP contribution in [0.5, 0.6) is 0 Å². The summed E-state index contributed by atoms with van der Waals surface area (Å²) in [7, 11) is 0. The predicted molar refractivity (Wildman–Crippen MR) is 156 cm³/mol. The number of nitrogens with zero attached hydrogens (tertiary/aromatic N) is 4. The molecule has 0 spiro atoms. The van der Waals surface area contributed by atoms with Crippen molar-refractivity contribution >= 4 is 56.3 Å². The Bertz CT molecular complexity index is 1820. The smallest absolute Gasteiger partial charge is 0.657 e. The fourth-order valence-corrected chi connectivity index (χ4v) is 5.10. The standard InChI is InChI=1S/C32H34N4O4.Cu/c1-9-39-31(37)27-19(7)25-13-23-15(3)17(5)29(35-23)30-18(6)16(4)24(36-30)14-26-20(8)28(32(38)40-10-2)22(34-26)12-11-21(27)33-25;/h11-14H,9-10H2,1-8H3,(H2,33,34,35,36,37,38);/q;+2/p-2. The molecule has 8 nitrogen and oxygen atoms in total. The molecule has 2 aliphatic rings. The number of hydrogen-bond acceptors (Lipinski definition) is 6. The quantitative estimate of drug-likeness (QED) is 0.261. The van der Waals surface area contributed by atoms with E-state index in [-0.39, 0.29) is 30.3 Å². The van der Waals surface area contributed by atoms with Crippen molar-refractivity contribution in [3.8, 4) is 0 Å². The first-order valence-electron chi connectivity index (χ1n) is 13.4. The van der Waals surface area contributed by atoms with Gasteiger partial charge in [0.2, 0.25) is 0 Å². The van der Waals surface area contributed by atoms with Gasteiger partial charge in [-0.15, -0.1) is 22.1 Å². The van der Waals surface area contributed by atoms with Gasteiger partial charge in [-0.25, -0.2) is 19.6 Å². The van der Waals surface area contributed by atoms with Crippen molar-refractivity contribution in [3.63, 3.8) is 0 Å². The zero-order valence-corrected chi connectivity index (χ0v) is 25.4. The molecule has 3 aromatic rings. The first kappa shape index (κ1) is 30.0. The summed E-state index contributed by atoms with van der Waals surface area (Å²) in [6, 6.07) is 7.20. The van der Waals surface area contributed by atoms with E-state index in [0.29, 0.717) is 44.7 Å². The monoisotopic (exact) mass is 599 g/mol. The van der Waals surface area contributed by atoms with E-state index >= 15 is 0 Å². The van der Waals surface area contributed by atoms with Gasteiger partial charge in [0.15, 0.2) is 0 Å². The number of allylic oxidation sites excluding steroid dienone is 3. The van der Waals surface area contributed by atoms with Gasteiger partial charge in [0, 0.05) is 5.56 Å². The summed E-state index contributed by atoms with van der Waals surface area (Å²) in [6.07, 6.45) is 0. The number of carbonyl (C=O) groups is 2. The van der Waals surface area contributed by atoms with E-state index in [4.69, 9.17) is 29.4 Å². The zero-order chi connectivity index (χ0) is 28.9. The third-order valence-electron chi connectivity index (χ3n) is 7.71. The summed E-state index contributed by atoms with van der Waals surface area (Å²) in [5.74, 6) is -0.918. The van der Waals surface area contributed by atoms with Crippen LogP contribution in [0.25, 0.3) is 44.4 Å². The molecule has 8 bridgehead atoms. The van der Waals surface area contributed by atoms with Gasteiger partial charge in [0.05, 0.1) is 41.6 Å². The fourth-order valence-electron chi connectivity index (χ4n) is 5.10. The molecule has 215 valence electrons. The van der Waals surface area contributed by atoms with E-state index in [1.165, 1.54) is 0 Å². The van der Waals surface area contributed by atoms with Crippen LogP contribution in [0.4, 0.5) is 0 Å². The van der Waals surface area contributed by atoms with Crippen LogP contribution in [0.2, 0.25) is 0 Å². The summed E-state index contributed by atoms with van der Waals surface area (Å²) in [4.78, 5) is 45.6. The van der Waals surface area contributed by atoms with Crippen LogP contribution in [0, 0.1) is 20.8 Å². The first-order valence-corrected chi connectivity index (χ1v) is 13.4. The van der Waals surface area contributed by atoms with E-state index in [9.17, 15) is 9.59 Å². The molecule has 0 aromatic carbocycles. The second-order valence-corrected chi connectivity index (χ2v) is 10.0. The Balaban J connectivity index is 0.00000387. The minimum Gasteiger partial charge on any atom is -0.657 e. The van der Waals surface area contributed by atoms with Crippen LogP contribution in [-0.2, 0) is 31.3 Å². The molecular weight excluding hydrogens is 568 g/mol. The van der Waals surface area contributed by atoms with Crippen molar-refractivity contribution in [1.82, 2.24) is 19.9 Å². The van der Waals surface area contributed by atoms with Crippen LogP contribution in [0.1, 0.15) is 84.4 Å². The molecule has 3 aromatic heterocycles. The number of aryl methyl sites for hydroxylation is 3. The molecule has 41 heavy (non-hydrogen) atoms. The Hall–Kier alpha value is -3.94. The van der Waals surface area contributed by atoms with Crippen molar-refractivity contribution in [2.45, 2.75) is 55.4 Å². The average molecular weight is 600 g/mol. The average Bonchev–Trinajstić information content (AvgIpc) is 3.58. The van der Waals surface area contributed by atoms with Crippen LogP contribution < -0.4 is 9.97 Å². The maximum absolute atomic E-state index is 13.0. The largest absolute Gasteiger partial charge is 2.00 e. The van der Waals surface area contributed by atoms with Gasteiger partial charge in [0.25, 0.3) is 0 Å². The van der Waals surface area contributed by atoms with Crippen LogP contribution >= 0.6 is 0 Å². The summed E-state index contributed by atoms with van der Waals surface area (Å²) in [5.41, 5.74) is 11.5. The summed E-state index contributed by atoms with van der Waals surface area (Å²) >= 11 is 0. The Labute approximate surface area is 249 Å². The van der Waals surface area contributed by atoms with Crippen molar-refractivity contribution in [2.24, 2.45) is 0 Å². The predicted octanol–water partition coefficient (Wildman–Crippen LogP) is 6.12. The van der Waals surface area contributed by atoms with Crippen LogP contribution in [-0.4, -0.2) is 35.1 Å². The second-order valence-electron chi connectivity index (χ2n) is 10.0. The minimum atomic E-state index is -0.459. The Kier molecular flexibility index (Phi) is 8.43. The van der Waals surface area contributed by atoms with Crippen molar-refractivity contribution in [3.05, 3.63) is 69.3 Å². The molecule has 0 amide bonds. The Morgan fingerprint density at radius 3 is 1.95 bits per heavy atom.